The third-order valence-electron chi connectivity index (χ3n) is 5.02. The largest absolute Gasteiger partial charge is 0.481 e. The van der Waals surface area contributed by atoms with Gasteiger partial charge in [-0.05, 0) is 25.2 Å². The molecule has 9 nitrogen and oxygen atoms in total. The van der Waals surface area contributed by atoms with E-state index in [1.807, 2.05) is 0 Å². The highest BCUT2D eigenvalue weighted by molar-refractivity contribution is 7.45. The Hall–Kier alpha value is -2.30. The van der Waals surface area contributed by atoms with Gasteiger partial charge in [-0.3, -0.25) is 9.59 Å². The van der Waals surface area contributed by atoms with Gasteiger partial charge in [0.05, 0.1) is 18.7 Å². The molecule has 3 rings (SSSR count). The van der Waals surface area contributed by atoms with Gasteiger partial charge in [0, 0.05) is 30.7 Å². The van der Waals surface area contributed by atoms with E-state index in [9.17, 15) is 22.8 Å². The molecule has 0 aliphatic carbocycles. The lowest BCUT2D eigenvalue weighted by Gasteiger charge is -2.33. The number of anilines is 1. The molecule has 13 heteroatoms. The van der Waals surface area contributed by atoms with E-state index in [-0.39, 0.29) is 33.1 Å². The van der Waals surface area contributed by atoms with Gasteiger partial charge in [-0.2, -0.15) is 27.9 Å². The summed E-state index contributed by atoms with van der Waals surface area (Å²) in [6.07, 6.45) is -1.91. The first-order valence-corrected chi connectivity index (χ1v) is 10.5. The maximum Gasteiger partial charge on any atom is 0.473 e. The van der Waals surface area contributed by atoms with E-state index in [0.717, 1.165) is 6.20 Å². The van der Waals surface area contributed by atoms with E-state index in [1.165, 1.54) is 13.2 Å². The smallest absolute Gasteiger partial charge is 0.473 e. The number of carbonyl (C=O) groups is 1. The number of carbonyl (C=O) groups excluding carboxylic acids is 1. The van der Waals surface area contributed by atoms with Crippen molar-refractivity contribution in [2.24, 2.45) is 5.92 Å². The molecule has 1 aliphatic heterocycles. The van der Waals surface area contributed by atoms with Gasteiger partial charge in [0.15, 0.2) is 8.38 Å². The van der Waals surface area contributed by atoms with Crippen LogP contribution in [0.15, 0.2) is 17.1 Å². The van der Waals surface area contributed by atoms with Gasteiger partial charge < -0.3 is 19.4 Å². The Kier molecular flexibility index (Phi) is 6.59. The van der Waals surface area contributed by atoms with Gasteiger partial charge in [-0.15, -0.1) is 0 Å². The topological polar surface area (TPSA) is 118 Å². The summed E-state index contributed by atoms with van der Waals surface area (Å²) >= 11 is 0. The van der Waals surface area contributed by atoms with Crippen LogP contribution in [-0.4, -0.2) is 63.0 Å². The molecule has 164 valence electrons. The number of hydrogen-bond acceptors (Lipinski definition) is 8. The molecule has 0 bridgehead atoms. The lowest BCUT2D eigenvalue weighted by atomic mass is 9.94. The third kappa shape index (κ3) is 4.71. The van der Waals surface area contributed by atoms with Crippen molar-refractivity contribution in [3.05, 3.63) is 22.6 Å². The van der Waals surface area contributed by atoms with Crippen LogP contribution in [-0.2, 0) is 0 Å². The highest BCUT2D eigenvalue weighted by Crippen LogP contribution is 2.33. The molecule has 3 heterocycles. The van der Waals surface area contributed by atoms with Crippen LogP contribution in [0.4, 0.5) is 19.0 Å². The molecule has 0 aromatic carbocycles. The number of rotatable bonds is 5. The summed E-state index contributed by atoms with van der Waals surface area (Å²) in [4.78, 5) is 48.5. The van der Waals surface area contributed by atoms with Gasteiger partial charge in [-0.25, -0.2) is 0 Å². The van der Waals surface area contributed by atoms with Crippen LogP contribution in [0.3, 0.4) is 0 Å². The molecule has 2 N–H and O–H groups in total. The molecule has 2 aromatic heterocycles. The van der Waals surface area contributed by atoms with Gasteiger partial charge in [0.1, 0.15) is 5.82 Å². The molecule has 2 aromatic rings. The monoisotopic (exact) mass is 448 g/mol. The minimum atomic E-state index is -5.25. The fourth-order valence-corrected chi connectivity index (χ4v) is 4.05. The highest BCUT2D eigenvalue weighted by atomic mass is 31.2. The van der Waals surface area contributed by atoms with Crippen molar-refractivity contribution >= 4 is 30.9 Å². The predicted molar refractivity (Wildman–Crippen MR) is 103 cm³/mol. The second-order valence-corrected chi connectivity index (χ2v) is 8.12. The molecule has 0 amide bonds. The first-order chi connectivity index (χ1) is 14.1. The zero-order chi connectivity index (χ0) is 22.1. The van der Waals surface area contributed by atoms with Gasteiger partial charge >= 0.3 is 12.1 Å². The Morgan fingerprint density at radius 2 is 2.00 bits per heavy atom. The summed E-state index contributed by atoms with van der Waals surface area (Å²) in [5, 5.41) is 3.44. The molecule has 0 spiro atoms. The fraction of sp³-hybridized carbons (Fsp3) is 0.529. The number of hydrogen-bond donors (Lipinski definition) is 2. The summed E-state index contributed by atoms with van der Waals surface area (Å²) in [6.45, 7) is 0.924. The normalized spacial score (nSPS) is 15.8. The number of nitrogens with zero attached hydrogens (tertiary/aromatic N) is 4. The molecule has 30 heavy (non-hydrogen) atoms. The molecular weight excluding hydrogens is 428 g/mol. The maximum atomic E-state index is 12.8. The van der Waals surface area contributed by atoms with E-state index >= 15 is 0 Å². The second-order valence-electron chi connectivity index (χ2n) is 6.93. The lowest BCUT2D eigenvalue weighted by Crippen LogP contribution is -2.40. The van der Waals surface area contributed by atoms with Crippen molar-refractivity contribution in [1.82, 2.24) is 14.8 Å². The summed E-state index contributed by atoms with van der Waals surface area (Å²) in [5.41, 5.74) is -1.20. The number of methoxy groups -OCH3 is 1. The average Bonchev–Trinajstić information content (AvgIpc) is 2.71. The number of fused-ring (bicyclic) bond motifs is 1. The Balaban J connectivity index is 1.99. The van der Waals surface area contributed by atoms with Crippen molar-refractivity contribution in [3.8, 4) is 5.88 Å². The number of piperidine rings is 1. The van der Waals surface area contributed by atoms with Crippen LogP contribution in [0, 0.1) is 5.92 Å². The van der Waals surface area contributed by atoms with Crippen LogP contribution in [0.25, 0.3) is 10.8 Å². The number of ether oxygens (including phenoxy) is 1. The Labute approximate surface area is 170 Å². The summed E-state index contributed by atoms with van der Waals surface area (Å²) in [5.74, 6) is -1.83. The molecule has 1 fully saturated rings. The summed E-state index contributed by atoms with van der Waals surface area (Å²) < 4.78 is 43.4. The Bertz CT molecular complexity index is 990. The molecule has 0 saturated carbocycles. The molecule has 1 aliphatic rings. The second kappa shape index (κ2) is 8.83. The summed E-state index contributed by atoms with van der Waals surface area (Å²) in [7, 11) is -0.583. The maximum absolute atomic E-state index is 12.8. The first-order valence-electron chi connectivity index (χ1n) is 9.10. The van der Waals surface area contributed by atoms with Crippen LogP contribution >= 0.6 is 8.38 Å². The van der Waals surface area contributed by atoms with Crippen molar-refractivity contribution < 1.29 is 32.5 Å². The molecule has 0 unspecified atom stereocenters. The minimum Gasteiger partial charge on any atom is -0.481 e. The number of aromatic nitrogens is 3. The van der Waals surface area contributed by atoms with Crippen LogP contribution in [0.5, 0.6) is 5.88 Å². The minimum absolute atomic E-state index is 0.130. The zero-order valence-electron chi connectivity index (χ0n) is 16.0. The molecular formula is C17H20F3N4O5P. The standard InChI is InChI=1S/C17H20F3N4O5P/c1-29-12-8-11-9-21-24(16(26)17(18,19)20)15(25)13(11)14(22-12)23-5-2-10(3-6-23)4-7-30(27)28/h8-10,27-28H,2-7H2,1H3. The average molecular weight is 448 g/mol. The highest BCUT2D eigenvalue weighted by Gasteiger charge is 2.42. The molecule has 0 atom stereocenters. The quantitative estimate of drug-likeness (QED) is 0.667. The van der Waals surface area contributed by atoms with Crippen LogP contribution < -0.4 is 15.2 Å². The number of halogens is 3. The SMILES string of the molecule is COc1cc2cnn(C(=O)C(F)(F)F)c(=O)c2c(N2CCC(CCP(O)O)CC2)n1. The molecule has 0 radical (unpaired) electrons. The fourth-order valence-electron chi connectivity index (χ4n) is 3.46. The van der Waals surface area contributed by atoms with Crippen molar-refractivity contribution in [2.45, 2.75) is 25.4 Å². The van der Waals surface area contributed by atoms with Gasteiger partial charge in [0.2, 0.25) is 5.88 Å². The van der Waals surface area contributed by atoms with Crippen LogP contribution in [0.1, 0.15) is 24.1 Å². The molecule has 1 saturated heterocycles. The summed E-state index contributed by atoms with van der Waals surface area (Å²) in [6, 6.07) is 1.37. The first kappa shape index (κ1) is 22.4. The van der Waals surface area contributed by atoms with E-state index in [0.29, 0.717) is 38.5 Å². The van der Waals surface area contributed by atoms with E-state index in [1.54, 1.807) is 4.90 Å². The van der Waals surface area contributed by atoms with Crippen LogP contribution in [0.2, 0.25) is 0 Å². The number of alkyl halides is 3. The van der Waals surface area contributed by atoms with Crippen molar-refractivity contribution in [2.75, 3.05) is 31.3 Å². The third-order valence-corrected chi connectivity index (χ3v) is 5.68. The lowest BCUT2D eigenvalue weighted by molar-refractivity contribution is -0.0959. The van der Waals surface area contributed by atoms with E-state index in [4.69, 9.17) is 14.5 Å². The Morgan fingerprint density at radius 3 is 2.57 bits per heavy atom. The van der Waals surface area contributed by atoms with Crippen molar-refractivity contribution in [1.29, 1.82) is 0 Å². The van der Waals surface area contributed by atoms with Gasteiger partial charge in [-0.1, -0.05) is 0 Å². The van der Waals surface area contributed by atoms with E-state index < -0.39 is 26.0 Å². The van der Waals surface area contributed by atoms with E-state index in [2.05, 4.69) is 10.1 Å². The van der Waals surface area contributed by atoms with Gasteiger partial charge in [0.25, 0.3) is 5.56 Å². The van der Waals surface area contributed by atoms with Crippen molar-refractivity contribution in [3.63, 3.8) is 0 Å². The Morgan fingerprint density at radius 1 is 1.33 bits per heavy atom. The zero-order valence-corrected chi connectivity index (χ0v) is 16.9. The number of pyridine rings is 1. The predicted octanol–water partition coefficient (Wildman–Crippen LogP) is 1.91.